The third-order valence-electron chi connectivity index (χ3n) is 5.11. The number of aromatic nitrogens is 4. The second kappa shape index (κ2) is 7.46. The van der Waals surface area contributed by atoms with Gasteiger partial charge in [-0.3, -0.25) is 9.78 Å². The number of benzene rings is 3. The Labute approximate surface area is 176 Å². The van der Waals surface area contributed by atoms with Gasteiger partial charge in [0.1, 0.15) is 16.8 Å². The lowest BCUT2D eigenvalue weighted by Gasteiger charge is -2.07. The molecule has 7 nitrogen and oxygen atoms in total. The van der Waals surface area contributed by atoms with Crippen molar-refractivity contribution >= 4 is 11.0 Å². The molecular formula is C24H18N4O3. The van der Waals surface area contributed by atoms with E-state index < -0.39 is 11.2 Å². The Morgan fingerprint density at radius 1 is 0.806 bits per heavy atom. The van der Waals surface area contributed by atoms with Crippen molar-refractivity contribution in [2.24, 2.45) is 0 Å². The summed E-state index contributed by atoms with van der Waals surface area (Å²) in [6, 6.07) is 25.6. The lowest BCUT2D eigenvalue weighted by Crippen LogP contribution is -2.33. The molecular weight excluding hydrogens is 392 g/mol. The van der Waals surface area contributed by atoms with Gasteiger partial charge in [-0.05, 0) is 36.4 Å². The molecule has 0 aliphatic rings. The molecule has 7 heteroatoms. The van der Waals surface area contributed by atoms with E-state index in [9.17, 15) is 9.59 Å². The molecule has 0 aliphatic heterocycles. The monoisotopic (exact) mass is 410 g/mol. The number of hydrogen-bond acceptors (Lipinski definition) is 4. The summed E-state index contributed by atoms with van der Waals surface area (Å²) in [4.78, 5) is 29.4. The molecule has 0 atom stereocenters. The molecule has 31 heavy (non-hydrogen) atoms. The Morgan fingerprint density at radius 3 is 2.10 bits per heavy atom. The van der Waals surface area contributed by atoms with Crippen LogP contribution in [0.3, 0.4) is 0 Å². The third-order valence-corrected chi connectivity index (χ3v) is 5.11. The number of aromatic amines is 1. The number of hydrogen-bond donors (Lipinski definition) is 1. The van der Waals surface area contributed by atoms with Crippen molar-refractivity contribution in [2.45, 2.75) is 0 Å². The quantitative estimate of drug-likeness (QED) is 0.491. The highest BCUT2D eigenvalue weighted by Gasteiger charge is 2.21. The lowest BCUT2D eigenvalue weighted by atomic mass is 10.1. The van der Waals surface area contributed by atoms with Crippen LogP contribution in [0.1, 0.15) is 0 Å². The second-order valence-corrected chi connectivity index (χ2v) is 6.95. The van der Waals surface area contributed by atoms with E-state index >= 15 is 0 Å². The summed E-state index contributed by atoms with van der Waals surface area (Å²) in [5.41, 5.74) is 1.84. The lowest BCUT2D eigenvalue weighted by molar-refractivity contribution is 0.414. The van der Waals surface area contributed by atoms with Gasteiger partial charge < -0.3 is 4.74 Å². The van der Waals surface area contributed by atoms with Gasteiger partial charge in [-0.1, -0.05) is 48.5 Å². The fourth-order valence-electron chi connectivity index (χ4n) is 3.62. The van der Waals surface area contributed by atoms with Crippen molar-refractivity contribution in [1.82, 2.24) is 19.3 Å². The molecule has 0 bridgehead atoms. The normalized spacial score (nSPS) is 11.0. The van der Waals surface area contributed by atoms with Crippen LogP contribution in [0.15, 0.2) is 94.5 Å². The van der Waals surface area contributed by atoms with E-state index in [-0.39, 0.29) is 0 Å². The van der Waals surface area contributed by atoms with Gasteiger partial charge in [0.05, 0.1) is 18.5 Å². The average molecular weight is 410 g/mol. The largest absolute Gasteiger partial charge is 0.497 e. The predicted octanol–water partition coefficient (Wildman–Crippen LogP) is 3.54. The summed E-state index contributed by atoms with van der Waals surface area (Å²) in [7, 11) is 1.56. The zero-order chi connectivity index (χ0) is 21.4. The maximum Gasteiger partial charge on any atom is 0.334 e. The summed E-state index contributed by atoms with van der Waals surface area (Å²) >= 11 is 0. The second-order valence-electron chi connectivity index (χ2n) is 6.95. The number of nitrogens with one attached hydrogen (secondary N) is 1. The fourth-order valence-corrected chi connectivity index (χ4v) is 3.62. The molecule has 0 radical (unpaired) electrons. The predicted molar refractivity (Wildman–Crippen MR) is 119 cm³/mol. The minimum Gasteiger partial charge on any atom is -0.497 e. The van der Waals surface area contributed by atoms with Gasteiger partial charge in [-0.25, -0.2) is 14.0 Å². The third kappa shape index (κ3) is 3.12. The minimum absolute atomic E-state index is 0.338. The van der Waals surface area contributed by atoms with Gasteiger partial charge in [-0.15, -0.1) is 0 Å². The zero-order valence-corrected chi connectivity index (χ0v) is 16.6. The summed E-state index contributed by atoms with van der Waals surface area (Å²) in [6.45, 7) is 0. The molecule has 1 N–H and O–H groups in total. The van der Waals surface area contributed by atoms with Crippen LogP contribution in [0, 0.1) is 0 Å². The van der Waals surface area contributed by atoms with Crippen molar-refractivity contribution in [3.63, 3.8) is 0 Å². The van der Waals surface area contributed by atoms with E-state index in [0.717, 1.165) is 15.8 Å². The molecule has 5 aromatic rings. The Kier molecular flexibility index (Phi) is 4.48. The number of nitrogens with zero attached hydrogens (tertiary/aromatic N) is 3. The number of H-pyrrole nitrogens is 1. The standard InChI is InChI=1S/C24H18N4O3/c1-31-19-14-12-17(13-15-19)27-23(29)20-21(16-8-4-2-5-9-16)26-28(22(20)25-24(27)30)18-10-6-3-7-11-18/h2-15H,1H3,(H,25,30). The van der Waals surface area contributed by atoms with Crippen molar-refractivity contribution in [1.29, 1.82) is 0 Å². The molecule has 0 saturated carbocycles. The van der Waals surface area contributed by atoms with E-state index in [2.05, 4.69) is 4.98 Å². The van der Waals surface area contributed by atoms with Crippen LogP contribution in [0.5, 0.6) is 5.75 Å². The van der Waals surface area contributed by atoms with Crippen LogP contribution in [0.25, 0.3) is 33.7 Å². The van der Waals surface area contributed by atoms with E-state index in [1.807, 2.05) is 60.7 Å². The van der Waals surface area contributed by atoms with Gasteiger partial charge in [0.15, 0.2) is 5.65 Å². The number of fused-ring (bicyclic) bond motifs is 1. The Hall–Kier alpha value is -4.39. The molecule has 0 unspecified atom stereocenters. The van der Waals surface area contributed by atoms with Crippen molar-refractivity contribution in [3.8, 4) is 28.4 Å². The first-order valence-electron chi connectivity index (χ1n) is 9.70. The fraction of sp³-hybridized carbons (Fsp3) is 0.0417. The SMILES string of the molecule is COc1ccc(-n2c(=O)[nH]c3c(c(-c4ccccc4)nn3-c3ccccc3)c2=O)cc1. The van der Waals surface area contributed by atoms with Gasteiger partial charge in [0, 0.05) is 5.56 Å². The summed E-state index contributed by atoms with van der Waals surface area (Å²) in [6.07, 6.45) is 0. The van der Waals surface area contributed by atoms with E-state index in [4.69, 9.17) is 9.84 Å². The summed E-state index contributed by atoms with van der Waals surface area (Å²) in [5.74, 6) is 0.635. The van der Waals surface area contributed by atoms with Crippen LogP contribution in [-0.4, -0.2) is 26.4 Å². The average Bonchev–Trinajstić information content (AvgIpc) is 3.20. The number of ether oxygens (including phenoxy) is 1. The first-order valence-corrected chi connectivity index (χ1v) is 9.70. The van der Waals surface area contributed by atoms with Crippen molar-refractivity contribution in [2.75, 3.05) is 7.11 Å². The molecule has 5 rings (SSSR count). The van der Waals surface area contributed by atoms with E-state index in [1.54, 1.807) is 36.1 Å². The van der Waals surface area contributed by atoms with Gasteiger partial charge >= 0.3 is 5.69 Å². The van der Waals surface area contributed by atoms with Crippen LogP contribution >= 0.6 is 0 Å². The van der Waals surface area contributed by atoms with Gasteiger partial charge in [-0.2, -0.15) is 5.10 Å². The number of para-hydroxylation sites is 1. The van der Waals surface area contributed by atoms with Crippen molar-refractivity contribution in [3.05, 3.63) is 106 Å². The molecule has 0 fully saturated rings. The zero-order valence-electron chi connectivity index (χ0n) is 16.6. The highest BCUT2D eigenvalue weighted by atomic mass is 16.5. The van der Waals surface area contributed by atoms with E-state index in [1.165, 1.54) is 0 Å². The van der Waals surface area contributed by atoms with Gasteiger partial charge in [0.25, 0.3) is 5.56 Å². The molecule has 0 saturated heterocycles. The van der Waals surface area contributed by atoms with Crippen LogP contribution < -0.4 is 16.0 Å². The number of rotatable bonds is 4. The maximum absolute atomic E-state index is 13.6. The van der Waals surface area contributed by atoms with Gasteiger partial charge in [0.2, 0.25) is 0 Å². The molecule has 3 aromatic carbocycles. The first-order chi connectivity index (χ1) is 15.2. The summed E-state index contributed by atoms with van der Waals surface area (Å²) < 4.78 is 7.89. The number of methoxy groups -OCH3 is 1. The molecule has 0 spiro atoms. The first kappa shape index (κ1) is 18.6. The van der Waals surface area contributed by atoms with Crippen molar-refractivity contribution < 1.29 is 4.74 Å². The maximum atomic E-state index is 13.6. The highest BCUT2D eigenvalue weighted by molar-refractivity contribution is 5.91. The summed E-state index contributed by atoms with van der Waals surface area (Å²) in [5, 5.41) is 5.05. The molecule has 0 aliphatic carbocycles. The topological polar surface area (TPSA) is 81.9 Å². The van der Waals surface area contributed by atoms with Crippen LogP contribution in [0.2, 0.25) is 0 Å². The minimum atomic E-state index is -0.542. The molecule has 2 aromatic heterocycles. The molecule has 0 amide bonds. The molecule has 2 heterocycles. The van der Waals surface area contributed by atoms with Crippen LogP contribution in [0.4, 0.5) is 0 Å². The van der Waals surface area contributed by atoms with Crippen LogP contribution in [-0.2, 0) is 0 Å². The Morgan fingerprint density at radius 2 is 1.45 bits per heavy atom. The Balaban J connectivity index is 1.85. The Bertz CT molecular complexity index is 1480. The van der Waals surface area contributed by atoms with E-state index in [0.29, 0.717) is 28.2 Å². The smallest absolute Gasteiger partial charge is 0.334 e. The highest BCUT2D eigenvalue weighted by Crippen LogP contribution is 2.26. The molecule has 152 valence electrons.